The minimum Gasteiger partial charge on any atom is -0.326 e. The number of anilines is 1. The lowest BCUT2D eigenvalue weighted by atomic mass is 9.95. The van der Waals surface area contributed by atoms with Gasteiger partial charge in [0.05, 0.1) is 0 Å². The van der Waals surface area contributed by atoms with Crippen molar-refractivity contribution in [3.05, 3.63) is 63.6 Å². The lowest BCUT2D eigenvalue weighted by Crippen LogP contribution is -2.37. The molecule has 0 atom stereocenters. The number of nitrogens with one attached hydrogen (secondary N) is 1. The number of carbonyl (C=O) groups is 1. The van der Waals surface area contributed by atoms with Crippen molar-refractivity contribution in [1.82, 2.24) is 4.90 Å². The SMILES string of the molecule is Cc1cccc(NC(=O)C2CCN(Cc3cccc(Br)c3)CC2)c1C. The number of likely N-dealkylation sites (tertiary alicyclic amines) is 1. The quantitative estimate of drug-likeness (QED) is 0.789. The Kier molecular flexibility index (Phi) is 5.92. The Morgan fingerprint density at radius 1 is 1.16 bits per heavy atom. The first-order valence-electron chi connectivity index (χ1n) is 8.87. The second kappa shape index (κ2) is 8.15. The molecule has 0 aliphatic carbocycles. The van der Waals surface area contributed by atoms with Crippen LogP contribution in [-0.2, 0) is 11.3 Å². The highest BCUT2D eigenvalue weighted by Crippen LogP contribution is 2.24. The molecule has 1 fully saturated rings. The maximum Gasteiger partial charge on any atom is 0.227 e. The molecule has 0 unspecified atom stereocenters. The van der Waals surface area contributed by atoms with Crippen LogP contribution in [0.25, 0.3) is 0 Å². The van der Waals surface area contributed by atoms with Gasteiger partial charge in [-0.05, 0) is 74.7 Å². The van der Waals surface area contributed by atoms with E-state index in [9.17, 15) is 4.79 Å². The van der Waals surface area contributed by atoms with Gasteiger partial charge >= 0.3 is 0 Å². The second-order valence-corrected chi connectivity index (χ2v) is 7.83. The average Bonchev–Trinajstić information content (AvgIpc) is 2.59. The minimum atomic E-state index is 0.110. The van der Waals surface area contributed by atoms with E-state index in [1.807, 2.05) is 18.2 Å². The van der Waals surface area contributed by atoms with Crippen LogP contribution in [0.4, 0.5) is 5.69 Å². The minimum absolute atomic E-state index is 0.110. The molecule has 25 heavy (non-hydrogen) atoms. The Morgan fingerprint density at radius 2 is 1.88 bits per heavy atom. The van der Waals surface area contributed by atoms with Crippen molar-refractivity contribution in [3.63, 3.8) is 0 Å². The molecule has 0 radical (unpaired) electrons. The van der Waals surface area contributed by atoms with Crippen molar-refractivity contribution in [2.24, 2.45) is 5.92 Å². The molecule has 1 saturated heterocycles. The summed E-state index contributed by atoms with van der Waals surface area (Å²) in [4.78, 5) is 15.0. The number of carbonyl (C=O) groups excluding carboxylic acids is 1. The Morgan fingerprint density at radius 3 is 2.60 bits per heavy atom. The molecule has 3 rings (SSSR count). The predicted molar refractivity (Wildman–Crippen MR) is 107 cm³/mol. The van der Waals surface area contributed by atoms with Crippen LogP contribution in [0, 0.1) is 19.8 Å². The van der Waals surface area contributed by atoms with E-state index >= 15 is 0 Å². The normalized spacial score (nSPS) is 16.0. The summed E-state index contributed by atoms with van der Waals surface area (Å²) in [6, 6.07) is 14.5. The average molecular weight is 401 g/mol. The number of hydrogen-bond donors (Lipinski definition) is 1. The van der Waals surface area contributed by atoms with Gasteiger partial charge in [-0.15, -0.1) is 0 Å². The van der Waals surface area contributed by atoms with Gasteiger partial charge in [-0.2, -0.15) is 0 Å². The molecular formula is C21H25BrN2O. The van der Waals surface area contributed by atoms with E-state index in [0.717, 1.165) is 48.2 Å². The highest BCUT2D eigenvalue weighted by atomic mass is 79.9. The number of halogens is 1. The van der Waals surface area contributed by atoms with E-state index in [-0.39, 0.29) is 11.8 Å². The van der Waals surface area contributed by atoms with Crippen molar-refractivity contribution in [2.75, 3.05) is 18.4 Å². The van der Waals surface area contributed by atoms with Crippen LogP contribution < -0.4 is 5.32 Å². The fraction of sp³-hybridized carbons (Fsp3) is 0.381. The van der Waals surface area contributed by atoms with Gasteiger partial charge in [-0.3, -0.25) is 9.69 Å². The number of nitrogens with zero attached hydrogens (tertiary/aromatic N) is 1. The smallest absolute Gasteiger partial charge is 0.227 e. The molecule has 0 spiro atoms. The van der Waals surface area contributed by atoms with Crippen molar-refractivity contribution in [3.8, 4) is 0 Å². The highest BCUT2D eigenvalue weighted by molar-refractivity contribution is 9.10. The van der Waals surface area contributed by atoms with Crippen LogP contribution in [0.1, 0.15) is 29.5 Å². The van der Waals surface area contributed by atoms with Crippen molar-refractivity contribution < 1.29 is 4.79 Å². The molecule has 132 valence electrons. The van der Waals surface area contributed by atoms with Gasteiger partial charge in [0.1, 0.15) is 0 Å². The first-order valence-corrected chi connectivity index (χ1v) is 9.66. The second-order valence-electron chi connectivity index (χ2n) is 6.92. The summed E-state index contributed by atoms with van der Waals surface area (Å²) in [5, 5.41) is 3.13. The summed E-state index contributed by atoms with van der Waals surface area (Å²) in [6.45, 7) is 7.02. The van der Waals surface area contributed by atoms with Gasteiger partial charge in [0.2, 0.25) is 5.91 Å². The molecule has 0 saturated carbocycles. The van der Waals surface area contributed by atoms with E-state index in [1.54, 1.807) is 0 Å². The zero-order valence-electron chi connectivity index (χ0n) is 14.9. The zero-order chi connectivity index (χ0) is 17.8. The lowest BCUT2D eigenvalue weighted by Gasteiger charge is -2.31. The molecule has 2 aromatic rings. The predicted octanol–water partition coefficient (Wildman–Crippen LogP) is 4.92. The number of rotatable bonds is 4. The van der Waals surface area contributed by atoms with Gasteiger partial charge in [0, 0.05) is 22.6 Å². The maximum absolute atomic E-state index is 12.6. The summed E-state index contributed by atoms with van der Waals surface area (Å²) in [5.74, 6) is 0.273. The number of piperidine rings is 1. The zero-order valence-corrected chi connectivity index (χ0v) is 16.5. The highest BCUT2D eigenvalue weighted by Gasteiger charge is 2.25. The molecule has 2 aromatic carbocycles. The van der Waals surface area contributed by atoms with Crippen LogP contribution >= 0.6 is 15.9 Å². The Hall–Kier alpha value is -1.65. The monoisotopic (exact) mass is 400 g/mol. The first kappa shape index (κ1) is 18.2. The third-order valence-corrected chi connectivity index (χ3v) is 5.61. The first-order chi connectivity index (χ1) is 12.0. The number of aryl methyl sites for hydroxylation is 1. The van der Waals surface area contributed by atoms with E-state index in [4.69, 9.17) is 0 Å². The third kappa shape index (κ3) is 4.71. The fourth-order valence-corrected chi connectivity index (χ4v) is 3.81. The molecule has 1 amide bonds. The largest absolute Gasteiger partial charge is 0.326 e. The standard InChI is InChI=1S/C21H25BrN2O/c1-15-5-3-8-20(16(15)2)23-21(25)18-9-11-24(12-10-18)14-17-6-4-7-19(22)13-17/h3-8,13,18H,9-12,14H2,1-2H3,(H,23,25). The Bertz CT molecular complexity index is 751. The van der Waals surface area contributed by atoms with Crippen molar-refractivity contribution in [1.29, 1.82) is 0 Å². The van der Waals surface area contributed by atoms with Crippen LogP contribution in [-0.4, -0.2) is 23.9 Å². The summed E-state index contributed by atoms with van der Waals surface area (Å²) < 4.78 is 1.12. The molecule has 1 aliphatic rings. The molecule has 1 N–H and O–H groups in total. The van der Waals surface area contributed by atoms with E-state index in [0.29, 0.717) is 0 Å². The molecule has 0 bridgehead atoms. The van der Waals surface area contributed by atoms with Crippen molar-refractivity contribution in [2.45, 2.75) is 33.2 Å². The topological polar surface area (TPSA) is 32.3 Å². The lowest BCUT2D eigenvalue weighted by molar-refractivity contribution is -0.121. The molecular weight excluding hydrogens is 376 g/mol. The molecule has 0 aromatic heterocycles. The maximum atomic E-state index is 12.6. The van der Waals surface area contributed by atoms with Gasteiger partial charge in [0.25, 0.3) is 0 Å². The van der Waals surface area contributed by atoms with E-state index < -0.39 is 0 Å². The van der Waals surface area contributed by atoms with E-state index in [1.165, 1.54) is 11.1 Å². The van der Waals surface area contributed by atoms with Gasteiger partial charge < -0.3 is 5.32 Å². The summed E-state index contributed by atoms with van der Waals surface area (Å²) >= 11 is 3.53. The summed E-state index contributed by atoms with van der Waals surface area (Å²) in [6.07, 6.45) is 1.84. The van der Waals surface area contributed by atoms with Gasteiger partial charge in [0.15, 0.2) is 0 Å². The van der Waals surface area contributed by atoms with Gasteiger partial charge in [-0.1, -0.05) is 40.2 Å². The van der Waals surface area contributed by atoms with E-state index in [2.05, 4.69) is 64.3 Å². The summed E-state index contributed by atoms with van der Waals surface area (Å²) in [5.41, 5.74) is 4.62. The molecule has 1 heterocycles. The molecule has 4 heteroatoms. The number of benzene rings is 2. The van der Waals surface area contributed by atoms with Crippen LogP contribution in [0.2, 0.25) is 0 Å². The van der Waals surface area contributed by atoms with Crippen LogP contribution in [0.3, 0.4) is 0 Å². The van der Waals surface area contributed by atoms with Crippen molar-refractivity contribution >= 4 is 27.5 Å². The van der Waals surface area contributed by atoms with Crippen LogP contribution in [0.5, 0.6) is 0 Å². The Balaban J connectivity index is 1.53. The summed E-state index contributed by atoms with van der Waals surface area (Å²) in [7, 11) is 0. The molecule has 3 nitrogen and oxygen atoms in total. The number of hydrogen-bond acceptors (Lipinski definition) is 2. The number of amides is 1. The third-order valence-electron chi connectivity index (χ3n) is 5.12. The van der Waals surface area contributed by atoms with Gasteiger partial charge in [-0.25, -0.2) is 0 Å². The fourth-order valence-electron chi connectivity index (χ4n) is 3.37. The molecule has 1 aliphatic heterocycles. The van der Waals surface area contributed by atoms with Crippen LogP contribution in [0.15, 0.2) is 46.9 Å². The Labute approximate surface area is 158 Å².